The van der Waals surface area contributed by atoms with Crippen LogP contribution in [0.25, 0.3) is 0 Å². The summed E-state index contributed by atoms with van der Waals surface area (Å²) >= 11 is 0. The van der Waals surface area contributed by atoms with E-state index < -0.39 is 0 Å². The largest absolute Gasteiger partial charge is 0.484 e. The number of fused-ring (bicyclic) bond motifs is 3. The average Bonchev–Trinajstić information content (AvgIpc) is 3.21. The number of ether oxygens (including phenoxy) is 2. The maximum atomic E-state index is 6.09. The molecule has 0 unspecified atom stereocenters. The molecule has 3 heterocycles. The molecule has 1 aromatic heterocycles. The van der Waals surface area contributed by atoms with Crippen molar-refractivity contribution >= 4 is 0 Å². The minimum absolute atomic E-state index is 0.112. The van der Waals surface area contributed by atoms with Crippen LogP contribution in [0.4, 0.5) is 0 Å². The van der Waals surface area contributed by atoms with Crippen molar-refractivity contribution in [1.82, 2.24) is 9.88 Å². The molecule has 1 fully saturated rings. The van der Waals surface area contributed by atoms with E-state index in [4.69, 9.17) is 15.2 Å². The summed E-state index contributed by atoms with van der Waals surface area (Å²) in [7, 11) is 0. The highest BCUT2D eigenvalue weighted by molar-refractivity contribution is 5.36. The molecule has 0 amide bonds. The maximum Gasteiger partial charge on any atom is 0.257 e. The van der Waals surface area contributed by atoms with Crippen molar-refractivity contribution in [2.75, 3.05) is 6.61 Å². The van der Waals surface area contributed by atoms with Crippen molar-refractivity contribution < 1.29 is 9.47 Å². The first-order valence-electron chi connectivity index (χ1n) is 8.81. The zero-order chi connectivity index (χ0) is 16.8. The molecule has 3 aliphatic rings. The Kier molecular flexibility index (Phi) is 3.41. The second kappa shape index (κ2) is 5.77. The Bertz CT molecular complexity index is 818. The highest BCUT2D eigenvalue weighted by Gasteiger charge is 2.35. The van der Waals surface area contributed by atoms with Gasteiger partial charge in [-0.25, -0.2) is 4.98 Å². The molecule has 1 aliphatic carbocycles. The van der Waals surface area contributed by atoms with Crippen molar-refractivity contribution in [2.24, 2.45) is 5.73 Å². The van der Waals surface area contributed by atoms with Gasteiger partial charge in [-0.3, -0.25) is 0 Å². The van der Waals surface area contributed by atoms with E-state index in [0.717, 1.165) is 24.9 Å². The summed E-state index contributed by atoms with van der Waals surface area (Å²) in [5, 5.41) is 0. The number of hydrogen-bond donors (Lipinski definition) is 1. The fraction of sp³-hybridized carbons (Fsp3) is 0.350. The van der Waals surface area contributed by atoms with E-state index in [0.29, 0.717) is 24.3 Å². The van der Waals surface area contributed by atoms with E-state index in [1.807, 2.05) is 12.1 Å². The molecule has 1 aromatic carbocycles. The third-order valence-electron chi connectivity index (χ3n) is 5.37. The van der Waals surface area contributed by atoms with Crippen LogP contribution in [0.3, 0.4) is 0 Å². The van der Waals surface area contributed by atoms with Crippen molar-refractivity contribution in [1.29, 1.82) is 0 Å². The summed E-state index contributed by atoms with van der Waals surface area (Å²) < 4.78 is 11.7. The minimum Gasteiger partial charge on any atom is -0.484 e. The molecule has 3 atom stereocenters. The highest BCUT2D eigenvalue weighted by Crippen LogP contribution is 2.37. The van der Waals surface area contributed by atoms with E-state index in [-0.39, 0.29) is 12.1 Å². The second-order valence-corrected chi connectivity index (χ2v) is 7.04. The Morgan fingerprint density at radius 2 is 2.08 bits per heavy atom. The predicted molar refractivity (Wildman–Crippen MR) is 94.2 cm³/mol. The Balaban J connectivity index is 1.28. The van der Waals surface area contributed by atoms with Gasteiger partial charge in [0.1, 0.15) is 6.61 Å². The SMILES string of the molecule is N[C@H]1C[C@H]2CC1=CN2Cc1ccc([C@H]2COc3cccnc3O2)cc1. The molecule has 1 saturated carbocycles. The van der Waals surface area contributed by atoms with Crippen LogP contribution in [-0.4, -0.2) is 28.6 Å². The number of rotatable bonds is 3. The molecule has 2 bridgehead atoms. The van der Waals surface area contributed by atoms with Gasteiger partial charge >= 0.3 is 0 Å². The molecule has 5 nitrogen and oxygen atoms in total. The van der Waals surface area contributed by atoms with Crippen molar-refractivity contribution in [3.8, 4) is 11.6 Å². The van der Waals surface area contributed by atoms with Crippen LogP contribution in [0.1, 0.15) is 30.1 Å². The lowest BCUT2D eigenvalue weighted by molar-refractivity contribution is 0.0851. The van der Waals surface area contributed by atoms with Gasteiger partial charge in [0.25, 0.3) is 5.88 Å². The summed E-state index contributed by atoms with van der Waals surface area (Å²) in [5.74, 6) is 1.28. The number of aromatic nitrogens is 1. The van der Waals surface area contributed by atoms with Gasteiger partial charge in [-0.05, 0) is 41.7 Å². The lowest BCUT2D eigenvalue weighted by Gasteiger charge is -2.28. The van der Waals surface area contributed by atoms with Crippen LogP contribution < -0.4 is 15.2 Å². The molecule has 2 N–H and O–H groups in total. The molecule has 0 saturated heterocycles. The average molecular weight is 335 g/mol. The van der Waals surface area contributed by atoms with E-state index in [2.05, 4.69) is 40.3 Å². The molecule has 2 aromatic rings. The Hall–Kier alpha value is -2.53. The molecule has 0 radical (unpaired) electrons. The molecule has 0 spiro atoms. The smallest absolute Gasteiger partial charge is 0.257 e. The van der Waals surface area contributed by atoms with Crippen LogP contribution in [0, 0.1) is 0 Å². The number of nitrogens with zero attached hydrogens (tertiary/aromatic N) is 2. The zero-order valence-corrected chi connectivity index (χ0v) is 14.0. The highest BCUT2D eigenvalue weighted by atomic mass is 16.6. The van der Waals surface area contributed by atoms with E-state index in [1.54, 1.807) is 6.20 Å². The van der Waals surface area contributed by atoms with E-state index in [9.17, 15) is 0 Å². The fourth-order valence-corrected chi connectivity index (χ4v) is 3.97. The van der Waals surface area contributed by atoms with Crippen LogP contribution >= 0.6 is 0 Å². The summed E-state index contributed by atoms with van der Waals surface area (Å²) in [4.78, 5) is 6.66. The quantitative estimate of drug-likeness (QED) is 0.934. The summed E-state index contributed by atoms with van der Waals surface area (Å²) in [6.07, 6.45) is 6.09. The minimum atomic E-state index is -0.112. The van der Waals surface area contributed by atoms with Crippen molar-refractivity contribution in [3.05, 3.63) is 65.5 Å². The molecular formula is C20H21N3O2. The van der Waals surface area contributed by atoms with Gasteiger partial charge in [0.15, 0.2) is 11.9 Å². The molecule has 5 heteroatoms. The number of pyridine rings is 1. The first-order chi connectivity index (χ1) is 12.3. The lowest BCUT2D eigenvalue weighted by atomic mass is 10.1. The van der Waals surface area contributed by atoms with Gasteiger partial charge in [-0.1, -0.05) is 24.3 Å². The Labute approximate surface area is 147 Å². The monoisotopic (exact) mass is 335 g/mol. The summed E-state index contributed by atoms with van der Waals surface area (Å²) in [6, 6.07) is 13.2. The Morgan fingerprint density at radius 1 is 1.20 bits per heavy atom. The van der Waals surface area contributed by atoms with Crippen LogP contribution in [0.2, 0.25) is 0 Å². The van der Waals surface area contributed by atoms with Gasteiger partial charge in [0.05, 0.1) is 0 Å². The first kappa shape index (κ1) is 14.8. The van der Waals surface area contributed by atoms with Gasteiger partial charge in [0.2, 0.25) is 0 Å². The lowest BCUT2D eigenvalue weighted by Crippen LogP contribution is -2.32. The predicted octanol–water partition coefficient (Wildman–Crippen LogP) is 2.78. The number of hydrogen-bond acceptors (Lipinski definition) is 5. The number of benzene rings is 1. The van der Waals surface area contributed by atoms with E-state index in [1.165, 1.54) is 11.1 Å². The van der Waals surface area contributed by atoms with Crippen molar-refractivity contribution in [3.63, 3.8) is 0 Å². The maximum absolute atomic E-state index is 6.09. The number of nitrogens with two attached hydrogens (primary N) is 1. The Morgan fingerprint density at radius 3 is 2.84 bits per heavy atom. The molecular weight excluding hydrogens is 314 g/mol. The van der Waals surface area contributed by atoms with Gasteiger partial charge in [0, 0.05) is 31.0 Å². The summed E-state index contributed by atoms with van der Waals surface area (Å²) in [5.41, 5.74) is 9.91. The van der Waals surface area contributed by atoms with Gasteiger partial charge in [-0.2, -0.15) is 0 Å². The van der Waals surface area contributed by atoms with Crippen LogP contribution in [-0.2, 0) is 6.54 Å². The van der Waals surface area contributed by atoms with Gasteiger partial charge in [-0.15, -0.1) is 0 Å². The topological polar surface area (TPSA) is 60.6 Å². The third kappa shape index (κ3) is 2.65. The molecule has 2 aliphatic heterocycles. The molecule has 25 heavy (non-hydrogen) atoms. The van der Waals surface area contributed by atoms with Crippen molar-refractivity contribution in [2.45, 2.75) is 37.6 Å². The third-order valence-corrected chi connectivity index (χ3v) is 5.37. The fourth-order valence-electron chi connectivity index (χ4n) is 3.97. The summed E-state index contributed by atoms with van der Waals surface area (Å²) in [6.45, 7) is 1.45. The van der Waals surface area contributed by atoms with E-state index >= 15 is 0 Å². The van der Waals surface area contributed by atoms with Gasteiger partial charge < -0.3 is 20.1 Å². The molecule has 128 valence electrons. The molecule has 5 rings (SSSR count). The normalized spacial score (nSPS) is 26.7. The van der Waals surface area contributed by atoms with Crippen LogP contribution in [0.5, 0.6) is 11.6 Å². The van der Waals surface area contributed by atoms with Crippen LogP contribution in [0.15, 0.2) is 54.4 Å². The second-order valence-electron chi connectivity index (χ2n) is 7.04. The standard InChI is InChI=1S/C20H21N3O2/c21-17-9-16-8-15(17)11-23(16)10-13-3-5-14(6-4-13)19-12-24-18-2-1-7-22-20(18)25-19/h1-7,11,16-17,19H,8-10,12,21H2/t16-,17+,19-/m1/s1. The zero-order valence-electron chi connectivity index (χ0n) is 14.0. The first-order valence-corrected chi connectivity index (χ1v) is 8.81.